The fraction of sp³-hybridized carbons (Fsp3) is 0.391. The van der Waals surface area contributed by atoms with Crippen molar-refractivity contribution in [3.63, 3.8) is 0 Å². The molecule has 0 saturated carbocycles. The molecule has 0 spiro atoms. The SMILES string of the molecule is CCN(CC)C(CNC(=O)CCCc1nc2ccccc2s1)c1ccccc1. The summed E-state index contributed by atoms with van der Waals surface area (Å²) in [6.07, 6.45) is 2.22. The van der Waals surface area contributed by atoms with E-state index in [2.05, 4.69) is 59.4 Å². The van der Waals surface area contributed by atoms with Crippen LogP contribution in [0.5, 0.6) is 0 Å². The quantitative estimate of drug-likeness (QED) is 0.535. The van der Waals surface area contributed by atoms with Gasteiger partial charge in [0, 0.05) is 13.0 Å². The molecule has 5 heteroatoms. The van der Waals surface area contributed by atoms with Gasteiger partial charge in [0.05, 0.1) is 21.3 Å². The summed E-state index contributed by atoms with van der Waals surface area (Å²) in [6.45, 7) is 6.90. The Balaban J connectivity index is 1.50. The number of nitrogens with one attached hydrogen (secondary N) is 1. The highest BCUT2D eigenvalue weighted by Gasteiger charge is 2.18. The average molecular weight is 396 g/mol. The fourth-order valence-corrected chi connectivity index (χ4v) is 4.53. The number of nitrogens with zero attached hydrogens (tertiary/aromatic N) is 2. The number of rotatable bonds is 10. The maximum atomic E-state index is 12.4. The van der Waals surface area contributed by atoms with Crippen LogP contribution in [0.3, 0.4) is 0 Å². The van der Waals surface area contributed by atoms with Gasteiger partial charge in [0.25, 0.3) is 0 Å². The highest BCUT2D eigenvalue weighted by Crippen LogP contribution is 2.23. The van der Waals surface area contributed by atoms with Gasteiger partial charge in [-0.3, -0.25) is 9.69 Å². The largest absolute Gasteiger partial charge is 0.354 e. The van der Waals surface area contributed by atoms with Crippen molar-refractivity contribution in [3.05, 3.63) is 65.2 Å². The summed E-state index contributed by atoms with van der Waals surface area (Å²) in [5, 5.41) is 4.26. The van der Waals surface area contributed by atoms with Gasteiger partial charge in [-0.25, -0.2) is 4.98 Å². The van der Waals surface area contributed by atoms with Crippen molar-refractivity contribution >= 4 is 27.5 Å². The minimum absolute atomic E-state index is 0.120. The predicted octanol–water partition coefficient (Wildman–Crippen LogP) is 4.82. The Kier molecular flexibility index (Phi) is 7.57. The molecule has 28 heavy (non-hydrogen) atoms. The minimum Gasteiger partial charge on any atom is -0.354 e. The maximum absolute atomic E-state index is 12.4. The first kappa shape index (κ1) is 20.5. The van der Waals surface area contributed by atoms with E-state index in [0.29, 0.717) is 13.0 Å². The second kappa shape index (κ2) is 10.3. The third-order valence-corrected chi connectivity index (χ3v) is 6.16. The second-order valence-electron chi connectivity index (χ2n) is 6.88. The second-order valence-corrected chi connectivity index (χ2v) is 8.00. The number of carbonyl (C=O) groups excluding carboxylic acids is 1. The lowest BCUT2D eigenvalue weighted by Gasteiger charge is -2.30. The van der Waals surface area contributed by atoms with Crippen molar-refractivity contribution in [1.29, 1.82) is 0 Å². The molecule has 3 rings (SSSR count). The van der Waals surface area contributed by atoms with E-state index in [4.69, 9.17) is 0 Å². The molecule has 3 aromatic rings. The molecular formula is C23H29N3OS. The molecule has 0 bridgehead atoms. The van der Waals surface area contributed by atoms with Gasteiger partial charge in [-0.15, -0.1) is 11.3 Å². The molecule has 1 atom stereocenters. The van der Waals surface area contributed by atoms with Crippen LogP contribution in [-0.4, -0.2) is 35.4 Å². The Hall–Kier alpha value is -2.24. The molecule has 0 aliphatic heterocycles. The monoisotopic (exact) mass is 395 g/mol. The van der Waals surface area contributed by atoms with Gasteiger partial charge in [-0.2, -0.15) is 0 Å². The van der Waals surface area contributed by atoms with E-state index in [9.17, 15) is 4.79 Å². The molecule has 1 unspecified atom stereocenters. The van der Waals surface area contributed by atoms with Gasteiger partial charge in [0.15, 0.2) is 0 Å². The van der Waals surface area contributed by atoms with E-state index in [0.717, 1.165) is 36.5 Å². The van der Waals surface area contributed by atoms with Crippen LogP contribution < -0.4 is 5.32 Å². The molecule has 0 saturated heterocycles. The third-order valence-electron chi connectivity index (χ3n) is 5.06. The summed E-state index contributed by atoms with van der Waals surface area (Å²) < 4.78 is 1.21. The zero-order chi connectivity index (χ0) is 19.8. The van der Waals surface area contributed by atoms with Gasteiger partial charge >= 0.3 is 0 Å². The average Bonchev–Trinajstić information content (AvgIpc) is 3.14. The molecule has 2 aromatic carbocycles. The van der Waals surface area contributed by atoms with Crippen molar-refractivity contribution in [2.75, 3.05) is 19.6 Å². The fourth-order valence-electron chi connectivity index (χ4n) is 3.52. The van der Waals surface area contributed by atoms with Crippen LogP contribution in [0.4, 0.5) is 0 Å². The van der Waals surface area contributed by atoms with Gasteiger partial charge in [0.1, 0.15) is 0 Å². The Morgan fingerprint density at radius 2 is 1.79 bits per heavy atom. The molecule has 0 aliphatic carbocycles. The maximum Gasteiger partial charge on any atom is 0.220 e. The number of likely N-dealkylation sites (N-methyl/N-ethyl adjacent to an activating group) is 1. The number of aryl methyl sites for hydroxylation is 1. The smallest absolute Gasteiger partial charge is 0.220 e. The zero-order valence-electron chi connectivity index (χ0n) is 16.7. The van der Waals surface area contributed by atoms with Gasteiger partial charge in [-0.05, 0) is 43.6 Å². The van der Waals surface area contributed by atoms with E-state index in [1.165, 1.54) is 10.3 Å². The summed E-state index contributed by atoms with van der Waals surface area (Å²) in [6, 6.07) is 18.8. The summed E-state index contributed by atoms with van der Waals surface area (Å²) in [5.41, 5.74) is 2.30. The van der Waals surface area contributed by atoms with Crippen LogP contribution in [0.25, 0.3) is 10.2 Å². The van der Waals surface area contributed by atoms with Crippen LogP contribution in [-0.2, 0) is 11.2 Å². The van der Waals surface area contributed by atoms with Crippen LogP contribution >= 0.6 is 11.3 Å². The van der Waals surface area contributed by atoms with E-state index in [1.807, 2.05) is 24.3 Å². The predicted molar refractivity (Wildman–Crippen MR) is 118 cm³/mol. The summed E-state index contributed by atoms with van der Waals surface area (Å²) in [7, 11) is 0. The Morgan fingerprint density at radius 1 is 1.07 bits per heavy atom. The molecule has 4 nitrogen and oxygen atoms in total. The Bertz CT molecular complexity index is 841. The number of amides is 1. The topological polar surface area (TPSA) is 45.2 Å². The number of thiazole rings is 1. The number of benzene rings is 2. The normalized spacial score (nSPS) is 12.4. The first-order valence-corrected chi connectivity index (χ1v) is 10.9. The molecule has 0 aliphatic rings. The molecule has 1 amide bonds. The van der Waals surface area contributed by atoms with Gasteiger partial charge in [0.2, 0.25) is 5.91 Å². The third kappa shape index (κ3) is 5.40. The van der Waals surface area contributed by atoms with Crippen LogP contribution in [0.2, 0.25) is 0 Å². The first-order chi connectivity index (χ1) is 13.7. The number of aromatic nitrogens is 1. The minimum atomic E-state index is 0.120. The number of para-hydroxylation sites is 1. The zero-order valence-corrected chi connectivity index (χ0v) is 17.5. The number of hydrogen-bond donors (Lipinski definition) is 1. The number of carbonyl (C=O) groups is 1. The lowest BCUT2D eigenvalue weighted by atomic mass is 10.0. The number of hydrogen-bond acceptors (Lipinski definition) is 4. The summed E-state index contributed by atoms with van der Waals surface area (Å²) in [5.74, 6) is 0.120. The van der Waals surface area contributed by atoms with Gasteiger partial charge < -0.3 is 5.32 Å². The van der Waals surface area contributed by atoms with Crippen molar-refractivity contribution in [3.8, 4) is 0 Å². The summed E-state index contributed by atoms with van der Waals surface area (Å²) in [4.78, 5) is 19.4. The van der Waals surface area contributed by atoms with Crippen LogP contribution in [0.15, 0.2) is 54.6 Å². The first-order valence-electron chi connectivity index (χ1n) is 10.1. The van der Waals surface area contributed by atoms with E-state index < -0.39 is 0 Å². The lowest BCUT2D eigenvalue weighted by Crippen LogP contribution is -2.38. The molecule has 148 valence electrons. The van der Waals surface area contributed by atoms with Crippen molar-refractivity contribution in [2.24, 2.45) is 0 Å². The van der Waals surface area contributed by atoms with Gasteiger partial charge in [-0.1, -0.05) is 56.3 Å². The van der Waals surface area contributed by atoms with Crippen molar-refractivity contribution < 1.29 is 4.79 Å². The molecular weight excluding hydrogens is 366 g/mol. The highest BCUT2D eigenvalue weighted by molar-refractivity contribution is 7.18. The molecule has 0 fully saturated rings. The standard InChI is InChI=1S/C23H29N3OS/c1-3-26(4-2)20(18-11-6-5-7-12-18)17-24-22(27)15-10-16-23-25-19-13-8-9-14-21(19)28-23/h5-9,11-14,20H,3-4,10,15-17H2,1-2H3,(H,24,27). The molecule has 0 radical (unpaired) electrons. The van der Waals surface area contributed by atoms with E-state index >= 15 is 0 Å². The number of fused-ring (bicyclic) bond motifs is 1. The van der Waals surface area contributed by atoms with E-state index in [-0.39, 0.29) is 11.9 Å². The molecule has 1 heterocycles. The molecule has 1 aromatic heterocycles. The lowest BCUT2D eigenvalue weighted by molar-refractivity contribution is -0.121. The van der Waals surface area contributed by atoms with Crippen molar-refractivity contribution in [2.45, 2.75) is 39.2 Å². The van der Waals surface area contributed by atoms with Crippen LogP contribution in [0, 0.1) is 0 Å². The Morgan fingerprint density at radius 3 is 2.50 bits per heavy atom. The van der Waals surface area contributed by atoms with Crippen LogP contribution in [0.1, 0.15) is 43.3 Å². The summed E-state index contributed by atoms with van der Waals surface area (Å²) >= 11 is 1.72. The van der Waals surface area contributed by atoms with E-state index in [1.54, 1.807) is 11.3 Å². The Labute approximate surface area is 171 Å². The molecule has 1 N–H and O–H groups in total. The van der Waals surface area contributed by atoms with Crippen molar-refractivity contribution in [1.82, 2.24) is 15.2 Å². The highest BCUT2D eigenvalue weighted by atomic mass is 32.1.